The van der Waals surface area contributed by atoms with Crippen molar-refractivity contribution in [3.8, 4) is 0 Å². The van der Waals surface area contributed by atoms with Gasteiger partial charge in [-0.2, -0.15) is 0 Å². The minimum atomic E-state index is -0.529. The topological polar surface area (TPSA) is 61.8 Å². The first kappa shape index (κ1) is 13.5. The van der Waals surface area contributed by atoms with E-state index in [2.05, 4.69) is 4.74 Å². The smallest absolute Gasteiger partial charge is 0.334 e. The monoisotopic (exact) mass is 216 g/mol. The van der Waals surface area contributed by atoms with Crippen LogP contribution < -0.4 is 0 Å². The Morgan fingerprint density at radius 1 is 1.13 bits per heavy atom. The molecule has 0 aliphatic carbocycles. The molecular weight excluding hydrogens is 200 g/mol. The summed E-state index contributed by atoms with van der Waals surface area (Å²) in [5.41, 5.74) is 0. The van der Waals surface area contributed by atoms with E-state index in [-0.39, 0.29) is 18.8 Å². The number of carbonyl (C=O) groups is 2. The lowest BCUT2D eigenvalue weighted by atomic mass is 10.3. The second-order valence-corrected chi connectivity index (χ2v) is 2.55. The Morgan fingerprint density at radius 3 is 2.20 bits per heavy atom. The fraction of sp³-hybridized carbons (Fsp3) is 0.600. The van der Waals surface area contributed by atoms with Crippen LogP contribution in [0.5, 0.6) is 0 Å². The number of hydrogen-bond donors (Lipinski definition) is 0. The third-order valence-corrected chi connectivity index (χ3v) is 1.45. The van der Waals surface area contributed by atoms with E-state index in [9.17, 15) is 9.59 Å². The number of esters is 2. The largest absolute Gasteiger partial charge is 0.500 e. The third kappa shape index (κ3) is 6.54. The van der Waals surface area contributed by atoms with Gasteiger partial charge in [0.05, 0.1) is 26.4 Å². The average molecular weight is 216 g/mol. The van der Waals surface area contributed by atoms with Gasteiger partial charge in [0.25, 0.3) is 0 Å². The van der Waals surface area contributed by atoms with E-state index in [4.69, 9.17) is 9.47 Å². The number of carbonyl (C=O) groups excluding carboxylic acids is 2. The van der Waals surface area contributed by atoms with E-state index < -0.39 is 11.9 Å². The molecule has 0 aromatic carbocycles. The summed E-state index contributed by atoms with van der Waals surface area (Å²) in [5, 5.41) is 0. The van der Waals surface area contributed by atoms with Crippen LogP contribution in [0.25, 0.3) is 0 Å². The summed E-state index contributed by atoms with van der Waals surface area (Å²) in [7, 11) is 1.38. The highest BCUT2D eigenvalue weighted by Crippen LogP contribution is 2.04. The first-order valence-corrected chi connectivity index (χ1v) is 4.70. The molecule has 0 N–H and O–H groups in total. The summed E-state index contributed by atoms with van der Waals surface area (Å²) in [6.07, 6.45) is 1.07. The normalized spacial score (nSPS) is 10.7. The zero-order valence-corrected chi connectivity index (χ0v) is 9.24. The third-order valence-electron chi connectivity index (χ3n) is 1.45. The fourth-order valence-electron chi connectivity index (χ4n) is 0.852. The number of rotatable bonds is 6. The van der Waals surface area contributed by atoms with E-state index in [1.807, 2.05) is 0 Å². The Morgan fingerprint density at radius 2 is 1.73 bits per heavy atom. The van der Waals surface area contributed by atoms with E-state index in [1.165, 1.54) is 7.11 Å². The molecule has 5 nitrogen and oxygen atoms in total. The van der Waals surface area contributed by atoms with E-state index in [0.717, 1.165) is 6.08 Å². The maximum Gasteiger partial charge on any atom is 0.334 e. The Bertz CT molecular complexity index is 244. The summed E-state index contributed by atoms with van der Waals surface area (Å²) in [4.78, 5) is 22.1. The van der Waals surface area contributed by atoms with Gasteiger partial charge in [0.1, 0.15) is 12.2 Å². The van der Waals surface area contributed by atoms with Crippen molar-refractivity contribution in [1.82, 2.24) is 0 Å². The molecule has 0 saturated carbocycles. The van der Waals surface area contributed by atoms with Crippen molar-refractivity contribution >= 4 is 11.9 Å². The second kappa shape index (κ2) is 7.84. The molecule has 15 heavy (non-hydrogen) atoms. The summed E-state index contributed by atoms with van der Waals surface area (Å²) in [6.45, 7) is 3.99. The van der Waals surface area contributed by atoms with Gasteiger partial charge < -0.3 is 14.2 Å². The molecule has 0 spiro atoms. The summed E-state index contributed by atoms with van der Waals surface area (Å²) in [6, 6.07) is 0. The lowest BCUT2D eigenvalue weighted by molar-refractivity contribution is -0.142. The summed E-state index contributed by atoms with van der Waals surface area (Å²) >= 11 is 0. The van der Waals surface area contributed by atoms with Gasteiger partial charge >= 0.3 is 11.9 Å². The van der Waals surface area contributed by atoms with Crippen molar-refractivity contribution in [2.45, 2.75) is 20.3 Å². The van der Waals surface area contributed by atoms with Gasteiger partial charge in [-0.1, -0.05) is 0 Å². The molecule has 0 aromatic heterocycles. The zero-order chi connectivity index (χ0) is 11.7. The van der Waals surface area contributed by atoms with Crippen LogP contribution in [0.3, 0.4) is 0 Å². The van der Waals surface area contributed by atoms with Crippen LogP contribution in [0.15, 0.2) is 11.8 Å². The molecule has 0 bridgehead atoms. The predicted octanol–water partition coefficient (Wildman–Crippen LogP) is 1.03. The molecule has 0 unspecified atom stereocenters. The Kier molecular flexibility index (Phi) is 7.05. The number of methoxy groups -OCH3 is 1. The van der Waals surface area contributed by atoms with Crippen molar-refractivity contribution < 1.29 is 23.8 Å². The second-order valence-electron chi connectivity index (χ2n) is 2.55. The predicted molar refractivity (Wildman–Crippen MR) is 53.0 cm³/mol. The van der Waals surface area contributed by atoms with Crippen molar-refractivity contribution in [2.75, 3.05) is 20.3 Å². The van der Waals surface area contributed by atoms with Gasteiger partial charge in [-0.05, 0) is 13.8 Å². The number of ether oxygens (including phenoxy) is 3. The van der Waals surface area contributed by atoms with Crippen molar-refractivity contribution in [3.63, 3.8) is 0 Å². The maximum absolute atomic E-state index is 11.1. The SMILES string of the molecule is CCOC(=O)/C=C(\CC(=O)OCC)OC. The van der Waals surface area contributed by atoms with E-state index in [1.54, 1.807) is 13.8 Å². The van der Waals surface area contributed by atoms with Crippen LogP contribution in [0, 0.1) is 0 Å². The van der Waals surface area contributed by atoms with Crippen LogP contribution in [0.2, 0.25) is 0 Å². The molecule has 0 radical (unpaired) electrons. The average Bonchev–Trinajstić information content (AvgIpc) is 2.17. The highest BCUT2D eigenvalue weighted by Gasteiger charge is 2.09. The highest BCUT2D eigenvalue weighted by molar-refractivity contribution is 5.84. The fourth-order valence-corrected chi connectivity index (χ4v) is 0.852. The molecule has 0 aliphatic rings. The van der Waals surface area contributed by atoms with Gasteiger partial charge in [-0.25, -0.2) is 4.79 Å². The molecule has 0 aliphatic heterocycles. The molecular formula is C10H16O5. The summed E-state index contributed by atoms with van der Waals surface area (Å²) in [5.74, 6) is -0.736. The molecule has 0 heterocycles. The Labute approximate surface area is 89.0 Å². The first-order valence-electron chi connectivity index (χ1n) is 4.70. The first-order chi connectivity index (χ1) is 7.13. The van der Waals surface area contributed by atoms with Crippen LogP contribution >= 0.6 is 0 Å². The van der Waals surface area contributed by atoms with Crippen LogP contribution in [0.1, 0.15) is 20.3 Å². The lowest BCUT2D eigenvalue weighted by Crippen LogP contribution is -2.08. The lowest BCUT2D eigenvalue weighted by Gasteiger charge is -2.05. The van der Waals surface area contributed by atoms with Crippen LogP contribution in [-0.4, -0.2) is 32.3 Å². The standard InChI is InChI=1S/C10H16O5/c1-4-14-9(11)6-8(13-3)7-10(12)15-5-2/h6H,4-5,7H2,1-3H3/b8-6+. The van der Waals surface area contributed by atoms with Crippen molar-refractivity contribution in [3.05, 3.63) is 11.8 Å². The molecule has 5 heteroatoms. The quantitative estimate of drug-likeness (QED) is 0.377. The van der Waals surface area contributed by atoms with Crippen LogP contribution in [-0.2, 0) is 23.8 Å². The summed E-state index contributed by atoms with van der Waals surface area (Å²) < 4.78 is 14.2. The number of hydrogen-bond acceptors (Lipinski definition) is 5. The van der Waals surface area contributed by atoms with Crippen LogP contribution in [0.4, 0.5) is 0 Å². The van der Waals surface area contributed by atoms with Gasteiger partial charge in [-0.3, -0.25) is 4.79 Å². The van der Waals surface area contributed by atoms with Crippen molar-refractivity contribution in [1.29, 1.82) is 0 Å². The molecule has 0 rings (SSSR count). The van der Waals surface area contributed by atoms with Gasteiger partial charge in [0, 0.05) is 0 Å². The van der Waals surface area contributed by atoms with Gasteiger partial charge in [0.15, 0.2) is 0 Å². The highest BCUT2D eigenvalue weighted by atomic mass is 16.5. The molecule has 86 valence electrons. The molecule has 0 aromatic rings. The maximum atomic E-state index is 11.1. The minimum absolute atomic E-state index is 0.0663. The Balaban J connectivity index is 4.22. The molecule has 0 amide bonds. The van der Waals surface area contributed by atoms with Gasteiger partial charge in [0.2, 0.25) is 0 Å². The molecule has 0 atom stereocenters. The van der Waals surface area contributed by atoms with E-state index in [0.29, 0.717) is 6.61 Å². The van der Waals surface area contributed by atoms with Gasteiger partial charge in [-0.15, -0.1) is 0 Å². The minimum Gasteiger partial charge on any atom is -0.500 e. The molecule has 0 saturated heterocycles. The Hall–Kier alpha value is -1.52. The molecule has 0 fully saturated rings. The van der Waals surface area contributed by atoms with E-state index >= 15 is 0 Å². The van der Waals surface area contributed by atoms with Crippen molar-refractivity contribution in [2.24, 2.45) is 0 Å². The zero-order valence-electron chi connectivity index (χ0n) is 9.24.